The number of hydrogen-bond acceptors (Lipinski definition) is 3. The van der Waals surface area contributed by atoms with E-state index in [1.807, 2.05) is 6.92 Å². The Balaban J connectivity index is 2.80. The third-order valence-electron chi connectivity index (χ3n) is 6.85. The van der Waals surface area contributed by atoms with Crippen LogP contribution in [0, 0.1) is 5.92 Å². The maximum Gasteiger partial charge on any atom is 0.326 e. The second-order valence-electron chi connectivity index (χ2n) is 10.5. The van der Waals surface area contributed by atoms with Gasteiger partial charge in [0.05, 0.1) is 0 Å². The number of nitrogens with two attached hydrogens (primary N) is 1. The molecule has 0 spiro atoms. The first kappa shape index (κ1) is 27.9. The lowest BCUT2D eigenvalue weighted by atomic mass is 9.89. The minimum Gasteiger partial charge on any atom is -0.323 e. The van der Waals surface area contributed by atoms with E-state index in [1.165, 1.54) is 56.3 Å². The molecule has 0 radical (unpaired) electrons. The van der Waals surface area contributed by atoms with Crippen molar-refractivity contribution in [3.63, 3.8) is 0 Å². The number of carbonyl (C=O) groups is 2. The van der Waals surface area contributed by atoms with Gasteiger partial charge in [0.1, 0.15) is 11.2 Å². The van der Waals surface area contributed by atoms with E-state index >= 15 is 0 Å². The Hall–Kier alpha value is -1.10. The van der Waals surface area contributed by atoms with Crippen molar-refractivity contribution in [3.05, 3.63) is 0 Å². The van der Waals surface area contributed by atoms with Crippen LogP contribution in [0.25, 0.3) is 0 Å². The predicted molar refractivity (Wildman–Crippen MR) is 131 cm³/mol. The monoisotopic (exact) mass is 437 g/mol. The van der Waals surface area contributed by atoms with Crippen molar-refractivity contribution in [2.75, 3.05) is 0 Å². The normalized spacial score (nSPS) is 19.5. The fourth-order valence-electron chi connectivity index (χ4n) is 4.61. The largest absolute Gasteiger partial charge is 0.326 e. The van der Waals surface area contributed by atoms with E-state index in [-0.39, 0.29) is 11.9 Å². The molecule has 1 unspecified atom stereocenters. The molecule has 3 N–H and O–H groups in total. The summed E-state index contributed by atoms with van der Waals surface area (Å²) in [7, 11) is 0. The Morgan fingerprint density at radius 3 is 1.77 bits per heavy atom. The molecule has 1 fully saturated rings. The second kappa shape index (κ2) is 14.1. The van der Waals surface area contributed by atoms with Crippen LogP contribution in [0.4, 0.5) is 4.79 Å². The molecule has 0 aromatic rings. The number of nitrogens with one attached hydrogen (secondary N) is 1. The molecule has 5 heteroatoms. The topological polar surface area (TPSA) is 75.4 Å². The number of rotatable bonds is 18. The highest BCUT2D eigenvalue weighted by Crippen LogP contribution is 2.33. The number of hydrogen-bond donors (Lipinski definition) is 2. The van der Waals surface area contributed by atoms with E-state index in [4.69, 9.17) is 5.73 Å². The summed E-state index contributed by atoms with van der Waals surface area (Å²) < 4.78 is 0. The van der Waals surface area contributed by atoms with Crippen LogP contribution in [0.15, 0.2) is 0 Å². The van der Waals surface area contributed by atoms with Crippen molar-refractivity contribution in [2.45, 2.75) is 149 Å². The molecule has 1 aliphatic heterocycles. The molecule has 31 heavy (non-hydrogen) atoms. The van der Waals surface area contributed by atoms with Crippen molar-refractivity contribution >= 4 is 11.9 Å². The molecule has 0 aliphatic carbocycles. The SMILES string of the molecule is CCCCCCCCC(N)(CCCCCCCC)N1C(=O)NC(C)(CCC(C)C)C1=O. The fourth-order valence-corrected chi connectivity index (χ4v) is 4.61. The van der Waals surface area contributed by atoms with Crippen molar-refractivity contribution in [1.29, 1.82) is 0 Å². The van der Waals surface area contributed by atoms with Crippen LogP contribution in [0.1, 0.15) is 137 Å². The highest BCUT2D eigenvalue weighted by molar-refractivity contribution is 6.07. The molecule has 0 bridgehead atoms. The van der Waals surface area contributed by atoms with Crippen LogP contribution in [0.2, 0.25) is 0 Å². The van der Waals surface area contributed by atoms with Crippen LogP contribution < -0.4 is 11.1 Å². The third kappa shape index (κ3) is 9.11. The molecule has 0 aromatic carbocycles. The summed E-state index contributed by atoms with van der Waals surface area (Å²) in [5.41, 5.74) is 5.19. The third-order valence-corrected chi connectivity index (χ3v) is 6.85. The van der Waals surface area contributed by atoms with Crippen LogP contribution in [-0.4, -0.2) is 28.0 Å². The summed E-state index contributed by atoms with van der Waals surface area (Å²) in [6, 6.07) is -0.296. The second-order valence-corrected chi connectivity index (χ2v) is 10.5. The average molecular weight is 438 g/mol. The first-order chi connectivity index (χ1) is 14.7. The molecule has 1 heterocycles. The molecule has 0 saturated carbocycles. The Kier molecular flexibility index (Phi) is 12.7. The smallest absolute Gasteiger partial charge is 0.323 e. The van der Waals surface area contributed by atoms with Crippen LogP contribution >= 0.6 is 0 Å². The van der Waals surface area contributed by atoms with Gasteiger partial charge in [0.2, 0.25) is 0 Å². The number of carbonyl (C=O) groups excluding carboxylic acids is 2. The van der Waals surface area contributed by atoms with Gasteiger partial charge in [-0.1, -0.05) is 91.9 Å². The number of nitrogens with zero attached hydrogens (tertiary/aromatic N) is 1. The summed E-state index contributed by atoms with van der Waals surface area (Å²) in [4.78, 5) is 27.8. The van der Waals surface area contributed by atoms with Gasteiger partial charge in [0, 0.05) is 0 Å². The van der Waals surface area contributed by atoms with E-state index in [9.17, 15) is 9.59 Å². The fraction of sp³-hybridized carbons (Fsp3) is 0.923. The molecule has 1 saturated heterocycles. The summed E-state index contributed by atoms with van der Waals surface area (Å²) >= 11 is 0. The Bertz CT molecular complexity index is 519. The van der Waals surface area contributed by atoms with E-state index in [0.29, 0.717) is 25.2 Å². The van der Waals surface area contributed by atoms with E-state index < -0.39 is 11.2 Å². The van der Waals surface area contributed by atoms with Crippen LogP contribution in [0.3, 0.4) is 0 Å². The molecule has 182 valence electrons. The zero-order chi connectivity index (χ0) is 23.3. The highest BCUT2D eigenvalue weighted by atomic mass is 16.2. The predicted octanol–water partition coefficient (Wildman–Crippen LogP) is 6.89. The van der Waals surface area contributed by atoms with Crippen LogP contribution in [0.5, 0.6) is 0 Å². The van der Waals surface area contributed by atoms with Gasteiger partial charge in [-0.15, -0.1) is 0 Å². The summed E-state index contributed by atoms with van der Waals surface area (Å²) in [5, 5.41) is 2.99. The quantitative estimate of drug-likeness (QED) is 0.181. The van der Waals surface area contributed by atoms with E-state index in [2.05, 4.69) is 33.0 Å². The van der Waals surface area contributed by atoms with Gasteiger partial charge in [-0.2, -0.15) is 0 Å². The lowest BCUT2D eigenvalue weighted by Crippen LogP contribution is -2.59. The zero-order valence-corrected chi connectivity index (χ0v) is 21.2. The van der Waals surface area contributed by atoms with E-state index in [1.54, 1.807) is 0 Å². The van der Waals surface area contributed by atoms with Crippen molar-refractivity contribution in [3.8, 4) is 0 Å². The van der Waals surface area contributed by atoms with Crippen LogP contribution in [-0.2, 0) is 4.79 Å². The molecule has 1 atom stereocenters. The van der Waals surface area contributed by atoms with Gasteiger partial charge >= 0.3 is 6.03 Å². The number of imide groups is 1. The maximum absolute atomic E-state index is 13.4. The lowest BCUT2D eigenvalue weighted by molar-refractivity contribution is -0.136. The Labute approximate surface area is 192 Å². The average Bonchev–Trinajstić information content (AvgIpc) is 2.95. The number of urea groups is 1. The summed E-state index contributed by atoms with van der Waals surface area (Å²) in [6.45, 7) is 10.6. The molecule has 1 aliphatic rings. The minimum atomic E-state index is -0.869. The number of amides is 3. The zero-order valence-electron chi connectivity index (χ0n) is 21.2. The van der Waals surface area contributed by atoms with Gasteiger partial charge in [0.25, 0.3) is 5.91 Å². The van der Waals surface area contributed by atoms with Crippen molar-refractivity contribution < 1.29 is 9.59 Å². The maximum atomic E-state index is 13.4. The first-order valence-electron chi connectivity index (χ1n) is 13.2. The highest BCUT2D eigenvalue weighted by Gasteiger charge is 2.53. The molecule has 0 aromatic heterocycles. The molecular formula is C26H51N3O2. The summed E-state index contributed by atoms with van der Waals surface area (Å²) in [6.07, 6.45) is 17.1. The lowest BCUT2D eigenvalue weighted by Gasteiger charge is -2.37. The van der Waals surface area contributed by atoms with Gasteiger partial charge in [-0.05, 0) is 51.4 Å². The van der Waals surface area contributed by atoms with Gasteiger partial charge in [0.15, 0.2) is 0 Å². The summed E-state index contributed by atoms with van der Waals surface area (Å²) in [5.74, 6) is 0.363. The number of unbranched alkanes of at least 4 members (excludes halogenated alkanes) is 10. The first-order valence-corrected chi connectivity index (χ1v) is 13.2. The minimum absolute atomic E-state index is 0.127. The van der Waals surface area contributed by atoms with Gasteiger partial charge < -0.3 is 11.1 Å². The Morgan fingerprint density at radius 2 is 1.32 bits per heavy atom. The van der Waals surface area contributed by atoms with Gasteiger partial charge in [-0.3, -0.25) is 4.79 Å². The standard InChI is InChI=1S/C26H51N3O2/c1-6-8-10-12-14-16-19-26(27,20-17-15-13-11-9-7-2)29-23(30)25(5,28-24(29)31)21-18-22(3)4/h22H,6-21,27H2,1-5H3,(H,28,31). The molecular weight excluding hydrogens is 386 g/mol. The van der Waals surface area contributed by atoms with Crippen molar-refractivity contribution in [2.24, 2.45) is 11.7 Å². The van der Waals surface area contributed by atoms with Crippen molar-refractivity contribution in [1.82, 2.24) is 10.2 Å². The molecule has 5 nitrogen and oxygen atoms in total. The molecule has 3 amide bonds. The Morgan fingerprint density at radius 1 is 0.871 bits per heavy atom. The van der Waals surface area contributed by atoms with Gasteiger partial charge in [-0.25, -0.2) is 9.69 Å². The molecule has 1 rings (SSSR count). The van der Waals surface area contributed by atoms with E-state index in [0.717, 1.165) is 32.1 Å².